The summed E-state index contributed by atoms with van der Waals surface area (Å²) in [5, 5.41) is 9.26. The SMILES string of the molecule is CCS(=O)C1CCCC(NC(=NC)NCc2cccs2)C1. The molecule has 0 saturated heterocycles. The van der Waals surface area contributed by atoms with Gasteiger partial charge in [0.25, 0.3) is 0 Å². The van der Waals surface area contributed by atoms with Gasteiger partial charge in [-0.1, -0.05) is 19.4 Å². The van der Waals surface area contributed by atoms with E-state index in [1.165, 1.54) is 4.88 Å². The molecule has 3 atom stereocenters. The highest BCUT2D eigenvalue weighted by Crippen LogP contribution is 2.23. The standard InChI is InChI=1S/C15H25N3OS2/c1-3-21(19)14-8-4-6-12(10-14)18-15(16-2)17-11-13-7-5-9-20-13/h5,7,9,12,14H,3-4,6,8,10-11H2,1-2H3,(H2,16,17,18). The average molecular weight is 328 g/mol. The van der Waals surface area contributed by atoms with E-state index in [-0.39, 0.29) is 0 Å². The van der Waals surface area contributed by atoms with Crippen molar-refractivity contribution in [1.29, 1.82) is 0 Å². The van der Waals surface area contributed by atoms with Gasteiger partial charge in [0.15, 0.2) is 5.96 Å². The maximum atomic E-state index is 12.0. The van der Waals surface area contributed by atoms with Crippen LogP contribution in [0.2, 0.25) is 0 Å². The minimum atomic E-state index is -0.678. The lowest BCUT2D eigenvalue weighted by atomic mass is 9.95. The lowest BCUT2D eigenvalue weighted by molar-refractivity contribution is 0.413. The predicted molar refractivity (Wildman–Crippen MR) is 92.4 cm³/mol. The average Bonchev–Trinajstić information content (AvgIpc) is 3.04. The largest absolute Gasteiger partial charge is 0.354 e. The highest BCUT2D eigenvalue weighted by molar-refractivity contribution is 7.85. The van der Waals surface area contributed by atoms with E-state index in [2.05, 4.69) is 33.1 Å². The number of nitrogens with zero attached hydrogens (tertiary/aromatic N) is 1. The Hall–Kier alpha value is -0.880. The molecule has 0 radical (unpaired) electrons. The summed E-state index contributed by atoms with van der Waals surface area (Å²) in [6.45, 7) is 2.81. The Morgan fingerprint density at radius 2 is 2.38 bits per heavy atom. The summed E-state index contributed by atoms with van der Waals surface area (Å²) in [7, 11) is 1.12. The highest BCUT2D eigenvalue weighted by Gasteiger charge is 2.25. The fraction of sp³-hybridized carbons (Fsp3) is 0.667. The first-order valence-electron chi connectivity index (χ1n) is 7.59. The molecule has 0 aliphatic heterocycles. The van der Waals surface area contributed by atoms with Crippen molar-refractivity contribution in [2.45, 2.75) is 50.4 Å². The number of aliphatic imine (C=N–C) groups is 1. The lowest BCUT2D eigenvalue weighted by Gasteiger charge is -2.30. The Morgan fingerprint density at radius 3 is 3.05 bits per heavy atom. The molecule has 118 valence electrons. The number of thiophene rings is 1. The van der Waals surface area contributed by atoms with E-state index < -0.39 is 10.8 Å². The van der Waals surface area contributed by atoms with Crippen molar-refractivity contribution in [2.24, 2.45) is 4.99 Å². The van der Waals surface area contributed by atoms with Crippen LogP contribution in [-0.4, -0.2) is 34.3 Å². The third-order valence-corrected chi connectivity index (χ3v) is 6.47. The van der Waals surface area contributed by atoms with Crippen LogP contribution in [0.4, 0.5) is 0 Å². The molecule has 1 aromatic rings. The second-order valence-corrected chi connectivity index (χ2v) is 8.34. The van der Waals surface area contributed by atoms with Gasteiger partial charge >= 0.3 is 0 Å². The summed E-state index contributed by atoms with van der Waals surface area (Å²) in [5.74, 6) is 1.61. The Balaban J connectivity index is 1.82. The van der Waals surface area contributed by atoms with Crippen molar-refractivity contribution < 1.29 is 4.21 Å². The van der Waals surface area contributed by atoms with Gasteiger partial charge < -0.3 is 10.6 Å². The first-order valence-corrected chi connectivity index (χ1v) is 9.85. The van der Waals surface area contributed by atoms with E-state index in [9.17, 15) is 4.21 Å². The van der Waals surface area contributed by atoms with Gasteiger partial charge in [-0.05, 0) is 30.7 Å². The third-order valence-electron chi connectivity index (χ3n) is 3.86. The van der Waals surface area contributed by atoms with Crippen LogP contribution in [0.1, 0.15) is 37.5 Å². The molecule has 0 amide bonds. The molecule has 1 aliphatic rings. The number of nitrogens with one attached hydrogen (secondary N) is 2. The normalized spacial score (nSPS) is 24.6. The highest BCUT2D eigenvalue weighted by atomic mass is 32.2. The van der Waals surface area contributed by atoms with Gasteiger partial charge in [0.05, 0.1) is 6.54 Å². The fourth-order valence-electron chi connectivity index (χ4n) is 2.72. The number of hydrogen-bond donors (Lipinski definition) is 2. The van der Waals surface area contributed by atoms with Crippen LogP contribution in [0.5, 0.6) is 0 Å². The van der Waals surface area contributed by atoms with Crippen LogP contribution in [0.25, 0.3) is 0 Å². The lowest BCUT2D eigenvalue weighted by Crippen LogP contribution is -2.46. The van der Waals surface area contributed by atoms with E-state index in [0.29, 0.717) is 11.3 Å². The van der Waals surface area contributed by atoms with Crippen molar-refractivity contribution in [2.75, 3.05) is 12.8 Å². The zero-order valence-corrected chi connectivity index (χ0v) is 14.4. The molecule has 1 aromatic heterocycles. The number of rotatable bonds is 5. The van der Waals surface area contributed by atoms with Crippen molar-refractivity contribution >= 4 is 28.1 Å². The quantitative estimate of drug-likeness (QED) is 0.645. The summed E-state index contributed by atoms with van der Waals surface area (Å²) in [5.41, 5.74) is 0. The smallest absolute Gasteiger partial charge is 0.191 e. The number of guanidine groups is 1. The van der Waals surface area contributed by atoms with Crippen LogP contribution >= 0.6 is 11.3 Å². The van der Waals surface area contributed by atoms with Gasteiger partial charge in [-0.15, -0.1) is 11.3 Å². The fourth-order valence-corrected chi connectivity index (χ4v) is 4.72. The molecule has 6 heteroatoms. The van der Waals surface area contributed by atoms with Crippen LogP contribution in [0, 0.1) is 0 Å². The van der Waals surface area contributed by atoms with Crippen LogP contribution in [0.15, 0.2) is 22.5 Å². The third kappa shape index (κ3) is 5.11. The maximum absolute atomic E-state index is 12.0. The summed E-state index contributed by atoms with van der Waals surface area (Å²) in [6, 6.07) is 4.56. The molecule has 1 heterocycles. The zero-order chi connectivity index (χ0) is 15.1. The van der Waals surface area contributed by atoms with Gasteiger partial charge in [-0.2, -0.15) is 0 Å². The molecule has 1 fully saturated rings. The second-order valence-electron chi connectivity index (χ2n) is 5.30. The molecule has 0 spiro atoms. The summed E-state index contributed by atoms with van der Waals surface area (Å²) < 4.78 is 12.0. The van der Waals surface area contributed by atoms with Crippen LogP contribution < -0.4 is 10.6 Å². The molecule has 1 aliphatic carbocycles. The predicted octanol–water partition coefficient (Wildman–Crippen LogP) is 2.49. The van der Waals surface area contributed by atoms with Crippen molar-refractivity contribution in [1.82, 2.24) is 10.6 Å². The zero-order valence-electron chi connectivity index (χ0n) is 12.8. The van der Waals surface area contributed by atoms with E-state index in [1.807, 2.05) is 6.92 Å². The topological polar surface area (TPSA) is 53.5 Å². The summed E-state index contributed by atoms with van der Waals surface area (Å²) >= 11 is 1.74. The minimum Gasteiger partial charge on any atom is -0.354 e. The molecule has 2 N–H and O–H groups in total. The monoisotopic (exact) mass is 327 g/mol. The Kier molecular flexibility index (Phi) is 6.70. The van der Waals surface area contributed by atoms with Crippen molar-refractivity contribution in [3.8, 4) is 0 Å². The first-order chi connectivity index (χ1) is 10.2. The molecule has 0 bridgehead atoms. The van der Waals surface area contributed by atoms with Crippen LogP contribution in [-0.2, 0) is 17.3 Å². The van der Waals surface area contributed by atoms with Gasteiger partial charge in [-0.25, -0.2) is 0 Å². The van der Waals surface area contributed by atoms with Crippen molar-refractivity contribution in [3.05, 3.63) is 22.4 Å². The Bertz CT molecular complexity index is 473. The molecule has 1 saturated carbocycles. The Morgan fingerprint density at radius 1 is 1.52 bits per heavy atom. The van der Waals surface area contributed by atoms with Gasteiger partial charge in [0.1, 0.15) is 0 Å². The summed E-state index contributed by atoms with van der Waals surface area (Å²) in [6.07, 6.45) is 4.37. The molecule has 3 unspecified atom stereocenters. The molecule has 21 heavy (non-hydrogen) atoms. The Labute approximate surface area is 133 Å². The van der Waals surface area contributed by atoms with Crippen molar-refractivity contribution in [3.63, 3.8) is 0 Å². The van der Waals surface area contributed by atoms with E-state index in [0.717, 1.165) is 43.9 Å². The van der Waals surface area contributed by atoms with Gasteiger partial charge in [-0.3, -0.25) is 9.20 Å². The van der Waals surface area contributed by atoms with Crippen LogP contribution in [0.3, 0.4) is 0 Å². The van der Waals surface area contributed by atoms with E-state index >= 15 is 0 Å². The molecular weight excluding hydrogens is 302 g/mol. The maximum Gasteiger partial charge on any atom is 0.191 e. The minimum absolute atomic E-state index is 0.344. The number of hydrogen-bond acceptors (Lipinski definition) is 3. The van der Waals surface area contributed by atoms with Gasteiger partial charge in [0, 0.05) is 39.8 Å². The first kappa shape index (κ1) is 16.5. The molecule has 4 nitrogen and oxygen atoms in total. The van der Waals surface area contributed by atoms with Gasteiger partial charge in [0.2, 0.25) is 0 Å². The van der Waals surface area contributed by atoms with E-state index in [1.54, 1.807) is 18.4 Å². The molecule has 0 aromatic carbocycles. The molecule has 2 rings (SSSR count). The summed E-state index contributed by atoms with van der Waals surface area (Å²) in [4.78, 5) is 5.59. The van der Waals surface area contributed by atoms with E-state index in [4.69, 9.17) is 0 Å². The second kappa shape index (κ2) is 8.54. The molecular formula is C15H25N3OS2.